The SMILES string of the molecule is CC(NC(=O)c1cc(N2CC[C@H](CCN)C2)ncn1)c1ncc(C(=O)Nc2cc(C(F)(F)F)c(Cl)cn2)s1. The third-order valence-electron chi connectivity index (χ3n) is 5.94. The molecule has 3 aromatic heterocycles. The molecule has 0 saturated carbocycles. The maximum Gasteiger partial charge on any atom is 0.418 e. The van der Waals surface area contributed by atoms with Gasteiger partial charge in [0, 0.05) is 25.4 Å². The lowest BCUT2D eigenvalue weighted by molar-refractivity contribution is -0.137. The van der Waals surface area contributed by atoms with Crippen LogP contribution in [-0.4, -0.2) is 51.4 Å². The standard InChI is InChI=1S/C23H24ClF3N8O2S/c1-12(33-20(36)16-7-19(32-11-31-16)35-5-3-13(10-35)2-4-28)22-30-9-17(38-22)21(37)34-18-6-14(23(25,26)27)15(24)8-29-18/h6-9,11-13H,2-5,10,28H2,1H3,(H,33,36)(H,29,34,37)/t12?,13-/m0/s1. The predicted octanol–water partition coefficient (Wildman–Crippen LogP) is 3.92. The minimum atomic E-state index is -4.70. The summed E-state index contributed by atoms with van der Waals surface area (Å²) < 4.78 is 39.2. The van der Waals surface area contributed by atoms with Crippen LogP contribution >= 0.6 is 22.9 Å². The number of amides is 2. The molecule has 0 aromatic carbocycles. The van der Waals surface area contributed by atoms with Crippen molar-refractivity contribution in [3.63, 3.8) is 0 Å². The summed E-state index contributed by atoms with van der Waals surface area (Å²) in [4.78, 5) is 43.9. The zero-order chi connectivity index (χ0) is 27.4. The highest BCUT2D eigenvalue weighted by molar-refractivity contribution is 7.13. The van der Waals surface area contributed by atoms with Gasteiger partial charge in [0.05, 0.1) is 22.8 Å². The zero-order valence-corrected chi connectivity index (χ0v) is 21.7. The van der Waals surface area contributed by atoms with E-state index in [4.69, 9.17) is 17.3 Å². The van der Waals surface area contributed by atoms with Crippen molar-refractivity contribution in [1.29, 1.82) is 0 Å². The lowest BCUT2D eigenvalue weighted by Crippen LogP contribution is -2.28. The quantitative estimate of drug-likeness (QED) is 0.372. The Hall–Kier alpha value is -3.36. The van der Waals surface area contributed by atoms with Crippen molar-refractivity contribution >= 4 is 46.4 Å². The van der Waals surface area contributed by atoms with Crippen molar-refractivity contribution in [2.24, 2.45) is 11.7 Å². The van der Waals surface area contributed by atoms with Crippen molar-refractivity contribution in [1.82, 2.24) is 25.3 Å². The van der Waals surface area contributed by atoms with Gasteiger partial charge in [-0.3, -0.25) is 9.59 Å². The van der Waals surface area contributed by atoms with Crippen molar-refractivity contribution in [2.45, 2.75) is 32.0 Å². The lowest BCUT2D eigenvalue weighted by atomic mass is 10.1. The van der Waals surface area contributed by atoms with E-state index < -0.39 is 34.6 Å². The second-order valence-corrected chi connectivity index (χ2v) is 10.2. The molecule has 3 aromatic rings. The maximum absolute atomic E-state index is 13.1. The van der Waals surface area contributed by atoms with Crippen LogP contribution in [0.5, 0.6) is 0 Å². The van der Waals surface area contributed by atoms with Gasteiger partial charge in [0.15, 0.2) is 0 Å². The van der Waals surface area contributed by atoms with E-state index in [1.54, 1.807) is 13.0 Å². The van der Waals surface area contributed by atoms with Gasteiger partial charge < -0.3 is 21.3 Å². The number of nitrogens with zero attached hydrogens (tertiary/aromatic N) is 5. The molecule has 0 aliphatic carbocycles. The van der Waals surface area contributed by atoms with E-state index in [0.29, 0.717) is 29.4 Å². The average molecular weight is 569 g/mol. The molecular formula is C23H24ClF3N8O2S. The summed E-state index contributed by atoms with van der Waals surface area (Å²) in [5, 5.41) is 4.94. The van der Waals surface area contributed by atoms with Crippen LogP contribution in [0.4, 0.5) is 24.8 Å². The second-order valence-electron chi connectivity index (χ2n) is 8.70. The first-order valence-electron chi connectivity index (χ1n) is 11.6. The van der Waals surface area contributed by atoms with Gasteiger partial charge in [-0.15, -0.1) is 11.3 Å². The number of aromatic nitrogens is 4. The summed E-state index contributed by atoms with van der Waals surface area (Å²) in [6.45, 7) is 3.96. The molecule has 38 heavy (non-hydrogen) atoms. The first-order chi connectivity index (χ1) is 18.0. The molecule has 0 bridgehead atoms. The Balaban J connectivity index is 1.38. The highest BCUT2D eigenvalue weighted by Gasteiger charge is 2.34. The highest BCUT2D eigenvalue weighted by Crippen LogP contribution is 2.35. The van der Waals surface area contributed by atoms with Crippen molar-refractivity contribution < 1.29 is 22.8 Å². The Kier molecular flexibility index (Phi) is 8.43. The molecule has 1 aliphatic rings. The topological polar surface area (TPSA) is 139 Å². The molecule has 4 heterocycles. The van der Waals surface area contributed by atoms with E-state index in [-0.39, 0.29) is 16.4 Å². The number of nitrogens with two attached hydrogens (primary N) is 1. The van der Waals surface area contributed by atoms with Gasteiger partial charge in [0.2, 0.25) is 0 Å². The number of halogens is 4. The molecule has 1 aliphatic heterocycles. The Bertz CT molecular complexity index is 1320. The number of rotatable bonds is 8. The minimum Gasteiger partial charge on any atom is -0.356 e. The van der Waals surface area contributed by atoms with Crippen molar-refractivity contribution in [3.8, 4) is 0 Å². The molecule has 0 radical (unpaired) electrons. The van der Waals surface area contributed by atoms with E-state index in [1.165, 1.54) is 12.5 Å². The van der Waals surface area contributed by atoms with Gasteiger partial charge in [0.1, 0.15) is 33.5 Å². The molecule has 1 fully saturated rings. The van der Waals surface area contributed by atoms with Crippen LogP contribution in [0.2, 0.25) is 5.02 Å². The van der Waals surface area contributed by atoms with Gasteiger partial charge in [-0.05, 0) is 38.3 Å². The van der Waals surface area contributed by atoms with E-state index in [0.717, 1.165) is 43.5 Å². The first kappa shape index (κ1) is 27.7. The summed E-state index contributed by atoms with van der Waals surface area (Å²) in [5.74, 6) is -0.296. The molecule has 1 unspecified atom stereocenters. The zero-order valence-electron chi connectivity index (χ0n) is 20.1. The Morgan fingerprint density at radius 1 is 1.21 bits per heavy atom. The molecule has 0 spiro atoms. The van der Waals surface area contributed by atoms with E-state index in [2.05, 4.69) is 35.5 Å². The summed E-state index contributed by atoms with van der Waals surface area (Å²) in [7, 11) is 0. The molecule has 2 amide bonds. The third kappa shape index (κ3) is 6.55. The van der Waals surface area contributed by atoms with Crippen LogP contribution in [0.1, 0.15) is 56.5 Å². The number of hydrogen-bond acceptors (Lipinski definition) is 9. The van der Waals surface area contributed by atoms with Crippen LogP contribution < -0.4 is 21.3 Å². The number of carbonyl (C=O) groups is 2. The number of hydrogen-bond donors (Lipinski definition) is 3. The summed E-state index contributed by atoms with van der Waals surface area (Å²) in [5.41, 5.74) is 4.74. The van der Waals surface area contributed by atoms with Crippen molar-refractivity contribution in [2.75, 3.05) is 29.9 Å². The molecule has 1 saturated heterocycles. The fraction of sp³-hybridized carbons (Fsp3) is 0.391. The molecular weight excluding hydrogens is 545 g/mol. The average Bonchev–Trinajstić information content (AvgIpc) is 3.55. The fourth-order valence-corrected chi connectivity index (χ4v) is 5.01. The van der Waals surface area contributed by atoms with Gasteiger partial charge in [0.25, 0.3) is 11.8 Å². The number of nitrogens with one attached hydrogen (secondary N) is 2. The highest BCUT2D eigenvalue weighted by atomic mass is 35.5. The van der Waals surface area contributed by atoms with Crippen LogP contribution in [0.25, 0.3) is 0 Å². The molecule has 4 rings (SSSR count). The monoisotopic (exact) mass is 568 g/mol. The summed E-state index contributed by atoms with van der Waals surface area (Å²) in [6, 6.07) is 1.71. The molecule has 10 nitrogen and oxygen atoms in total. The number of alkyl halides is 3. The Labute approximate surface area is 224 Å². The summed E-state index contributed by atoms with van der Waals surface area (Å²) in [6.07, 6.45) is 0.675. The molecule has 4 N–H and O–H groups in total. The second kappa shape index (κ2) is 11.6. The van der Waals surface area contributed by atoms with Gasteiger partial charge in [-0.2, -0.15) is 13.2 Å². The largest absolute Gasteiger partial charge is 0.418 e. The van der Waals surface area contributed by atoms with Crippen LogP contribution in [0.15, 0.2) is 30.9 Å². The first-order valence-corrected chi connectivity index (χ1v) is 12.8. The maximum atomic E-state index is 13.1. The van der Waals surface area contributed by atoms with Crippen LogP contribution in [0, 0.1) is 5.92 Å². The van der Waals surface area contributed by atoms with Crippen molar-refractivity contribution in [3.05, 3.63) is 57.0 Å². The van der Waals surface area contributed by atoms with Crippen LogP contribution in [0.3, 0.4) is 0 Å². The van der Waals surface area contributed by atoms with Gasteiger partial charge in [-0.1, -0.05) is 11.6 Å². The number of thiazole rings is 1. The Morgan fingerprint density at radius 3 is 2.74 bits per heavy atom. The minimum absolute atomic E-state index is 0.122. The predicted molar refractivity (Wildman–Crippen MR) is 136 cm³/mol. The van der Waals surface area contributed by atoms with Gasteiger partial charge >= 0.3 is 6.18 Å². The molecule has 202 valence electrons. The molecule has 15 heteroatoms. The smallest absolute Gasteiger partial charge is 0.356 e. The normalized spacial score (nSPS) is 16.4. The number of anilines is 2. The third-order valence-corrected chi connectivity index (χ3v) is 7.42. The fourth-order valence-electron chi connectivity index (χ4n) is 3.98. The van der Waals surface area contributed by atoms with E-state index in [1.807, 2.05) is 0 Å². The number of pyridine rings is 1. The Morgan fingerprint density at radius 2 is 2.00 bits per heavy atom. The lowest BCUT2D eigenvalue weighted by Gasteiger charge is -2.18. The van der Waals surface area contributed by atoms with E-state index in [9.17, 15) is 22.8 Å². The summed E-state index contributed by atoms with van der Waals surface area (Å²) >= 11 is 6.55. The van der Waals surface area contributed by atoms with E-state index >= 15 is 0 Å². The van der Waals surface area contributed by atoms with Crippen LogP contribution in [-0.2, 0) is 6.18 Å². The number of carbonyl (C=O) groups excluding carboxylic acids is 2. The molecule has 2 atom stereocenters. The van der Waals surface area contributed by atoms with Gasteiger partial charge in [-0.25, -0.2) is 19.9 Å².